The van der Waals surface area contributed by atoms with Crippen LogP contribution < -0.4 is 4.74 Å². The second-order valence-corrected chi connectivity index (χ2v) is 4.71. The lowest BCUT2D eigenvalue weighted by molar-refractivity contribution is 0.199. The second kappa shape index (κ2) is 6.30. The smallest absolute Gasteiger partial charge is 0.123 e. The molecule has 0 aliphatic rings. The zero-order valence-corrected chi connectivity index (χ0v) is 11.2. The van der Waals surface area contributed by atoms with Gasteiger partial charge in [-0.25, -0.2) is 0 Å². The Morgan fingerprint density at radius 3 is 2.59 bits per heavy atom. The molecule has 2 nitrogen and oxygen atoms in total. The maximum absolute atomic E-state index is 8.75. The first-order valence-electron chi connectivity index (χ1n) is 6.22. The quantitative estimate of drug-likeness (QED) is 0.761. The molecule has 1 aromatic carbocycles. The fourth-order valence-electron chi connectivity index (χ4n) is 1.77. The van der Waals surface area contributed by atoms with Crippen molar-refractivity contribution in [3.63, 3.8) is 0 Å². The van der Waals surface area contributed by atoms with Crippen molar-refractivity contribution in [1.82, 2.24) is 0 Å². The van der Waals surface area contributed by atoms with Crippen LogP contribution in [0.15, 0.2) is 18.2 Å². The lowest BCUT2D eigenvalue weighted by Crippen LogP contribution is -2.15. The van der Waals surface area contributed by atoms with Gasteiger partial charge in [-0.05, 0) is 36.5 Å². The number of nitrogens with zero attached hydrogens (tertiary/aromatic N) is 1. The van der Waals surface area contributed by atoms with Crippen molar-refractivity contribution in [2.75, 3.05) is 0 Å². The molecular weight excluding hydrogens is 210 g/mol. The van der Waals surface area contributed by atoms with Crippen LogP contribution in [0.4, 0.5) is 0 Å². The molecule has 0 aliphatic heterocycles. The summed E-state index contributed by atoms with van der Waals surface area (Å²) in [5, 5.41) is 8.75. The standard InChI is InChI=1S/C15H21NO/c1-5-13(8-9-16)17-15-10-12(4)6-7-14(15)11(2)3/h6-7,10-11,13H,5,8H2,1-4H3. The molecule has 17 heavy (non-hydrogen) atoms. The van der Waals surface area contributed by atoms with E-state index in [4.69, 9.17) is 10.00 Å². The van der Waals surface area contributed by atoms with Gasteiger partial charge < -0.3 is 4.74 Å². The highest BCUT2D eigenvalue weighted by atomic mass is 16.5. The van der Waals surface area contributed by atoms with Crippen molar-refractivity contribution in [2.45, 2.75) is 52.6 Å². The number of nitriles is 1. The van der Waals surface area contributed by atoms with E-state index >= 15 is 0 Å². The lowest BCUT2D eigenvalue weighted by Gasteiger charge is -2.19. The number of rotatable bonds is 5. The number of ether oxygens (including phenoxy) is 1. The molecule has 0 saturated heterocycles. The molecule has 1 unspecified atom stereocenters. The van der Waals surface area contributed by atoms with Crippen LogP contribution in [0.25, 0.3) is 0 Å². The van der Waals surface area contributed by atoms with Crippen molar-refractivity contribution >= 4 is 0 Å². The summed E-state index contributed by atoms with van der Waals surface area (Å²) in [5.74, 6) is 1.37. The van der Waals surface area contributed by atoms with E-state index in [0.717, 1.165) is 12.2 Å². The zero-order chi connectivity index (χ0) is 12.8. The third-order valence-corrected chi connectivity index (χ3v) is 2.86. The summed E-state index contributed by atoms with van der Waals surface area (Å²) in [5.41, 5.74) is 2.41. The maximum Gasteiger partial charge on any atom is 0.123 e. The fraction of sp³-hybridized carbons (Fsp3) is 0.533. The predicted molar refractivity (Wildman–Crippen MR) is 70.2 cm³/mol. The minimum atomic E-state index is -0.000648. The number of benzene rings is 1. The van der Waals surface area contributed by atoms with Crippen molar-refractivity contribution in [2.24, 2.45) is 0 Å². The van der Waals surface area contributed by atoms with E-state index in [9.17, 15) is 0 Å². The lowest BCUT2D eigenvalue weighted by atomic mass is 10.0. The summed E-state index contributed by atoms with van der Waals surface area (Å²) in [6.45, 7) is 8.42. The average Bonchev–Trinajstić information content (AvgIpc) is 2.28. The highest BCUT2D eigenvalue weighted by Gasteiger charge is 2.13. The van der Waals surface area contributed by atoms with Crippen molar-refractivity contribution < 1.29 is 4.74 Å². The molecule has 0 spiro atoms. The highest BCUT2D eigenvalue weighted by Crippen LogP contribution is 2.29. The van der Waals surface area contributed by atoms with Gasteiger partial charge in [0, 0.05) is 0 Å². The largest absolute Gasteiger partial charge is 0.489 e. The van der Waals surface area contributed by atoms with E-state index in [1.807, 2.05) is 6.92 Å². The monoisotopic (exact) mass is 231 g/mol. The van der Waals surface area contributed by atoms with Gasteiger partial charge >= 0.3 is 0 Å². The molecule has 0 fully saturated rings. The van der Waals surface area contributed by atoms with E-state index < -0.39 is 0 Å². The Morgan fingerprint density at radius 2 is 2.06 bits per heavy atom. The van der Waals surface area contributed by atoms with Crippen LogP contribution in [0.5, 0.6) is 5.75 Å². The van der Waals surface area contributed by atoms with Gasteiger partial charge in [0.25, 0.3) is 0 Å². The normalized spacial score (nSPS) is 12.2. The van der Waals surface area contributed by atoms with Crippen molar-refractivity contribution in [3.05, 3.63) is 29.3 Å². The van der Waals surface area contributed by atoms with Crippen LogP contribution >= 0.6 is 0 Å². The molecular formula is C15H21NO. The zero-order valence-electron chi connectivity index (χ0n) is 11.2. The molecule has 1 aromatic rings. The molecule has 2 heteroatoms. The summed E-state index contributed by atoms with van der Waals surface area (Å²) in [6.07, 6.45) is 1.31. The first-order chi connectivity index (χ1) is 8.08. The van der Waals surface area contributed by atoms with E-state index in [0.29, 0.717) is 12.3 Å². The molecule has 92 valence electrons. The molecule has 0 saturated carbocycles. The van der Waals surface area contributed by atoms with E-state index in [2.05, 4.69) is 45.0 Å². The van der Waals surface area contributed by atoms with Gasteiger partial charge in [0.2, 0.25) is 0 Å². The Kier molecular flexibility index (Phi) is 5.03. The van der Waals surface area contributed by atoms with E-state index in [1.54, 1.807) is 0 Å². The number of aryl methyl sites for hydroxylation is 1. The molecule has 1 rings (SSSR count). The Labute approximate surface area is 104 Å². The van der Waals surface area contributed by atoms with E-state index in [1.165, 1.54) is 11.1 Å². The third kappa shape index (κ3) is 3.78. The molecule has 0 aliphatic carbocycles. The first-order valence-corrected chi connectivity index (χ1v) is 6.22. The molecule has 1 atom stereocenters. The van der Waals surface area contributed by atoms with Gasteiger partial charge in [-0.1, -0.05) is 32.9 Å². The SMILES string of the molecule is CCC(CC#N)Oc1cc(C)ccc1C(C)C. The summed E-state index contributed by atoms with van der Waals surface area (Å²) < 4.78 is 5.95. The Bertz CT molecular complexity index is 404. The maximum atomic E-state index is 8.75. The van der Waals surface area contributed by atoms with Gasteiger partial charge in [-0.3, -0.25) is 0 Å². The van der Waals surface area contributed by atoms with Crippen molar-refractivity contribution in [1.29, 1.82) is 5.26 Å². The predicted octanol–water partition coefficient (Wildman–Crippen LogP) is 4.19. The van der Waals surface area contributed by atoms with Crippen LogP contribution in [0.1, 0.15) is 50.7 Å². The Morgan fingerprint density at radius 1 is 1.35 bits per heavy atom. The summed E-state index contributed by atoms with van der Waals surface area (Å²) in [4.78, 5) is 0. The van der Waals surface area contributed by atoms with Gasteiger partial charge in [0.05, 0.1) is 12.5 Å². The summed E-state index contributed by atoms with van der Waals surface area (Å²) in [7, 11) is 0. The Balaban J connectivity index is 2.95. The summed E-state index contributed by atoms with van der Waals surface area (Å²) >= 11 is 0. The van der Waals surface area contributed by atoms with Gasteiger partial charge in [-0.15, -0.1) is 0 Å². The van der Waals surface area contributed by atoms with Crippen LogP contribution in [-0.2, 0) is 0 Å². The van der Waals surface area contributed by atoms with Gasteiger partial charge in [0.15, 0.2) is 0 Å². The number of hydrogen-bond donors (Lipinski definition) is 0. The molecule has 0 radical (unpaired) electrons. The van der Waals surface area contributed by atoms with Crippen LogP contribution in [0.2, 0.25) is 0 Å². The third-order valence-electron chi connectivity index (χ3n) is 2.86. The van der Waals surface area contributed by atoms with E-state index in [-0.39, 0.29) is 6.10 Å². The Hall–Kier alpha value is -1.49. The molecule has 0 amide bonds. The second-order valence-electron chi connectivity index (χ2n) is 4.71. The molecule has 0 heterocycles. The first kappa shape index (κ1) is 13.6. The molecule has 0 N–H and O–H groups in total. The molecule has 0 aromatic heterocycles. The summed E-state index contributed by atoms with van der Waals surface area (Å²) in [6, 6.07) is 8.47. The molecule has 0 bridgehead atoms. The van der Waals surface area contributed by atoms with Crippen molar-refractivity contribution in [3.8, 4) is 11.8 Å². The van der Waals surface area contributed by atoms with Crippen LogP contribution in [-0.4, -0.2) is 6.10 Å². The van der Waals surface area contributed by atoms with Gasteiger partial charge in [0.1, 0.15) is 11.9 Å². The number of hydrogen-bond acceptors (Lipinski definition) is 2. The van der Waals surface area contributed by atoms with Gasteiger partial charge in [-0.2, -0.15) is 5.26 Å². The minimum absolute atomic E-state index is 0.000648. The van der Waals surface area contributed by atoms with Crippen LogP contribution in [0.3, 0.4) is 0 Å². The fourth-order valence-corrected chi connectivity index (χ4v) is 1.77. The minimum Gasteiger partial charge on any atom is -0.489 e. The highest BCUT2D eigenvalue weighted by molar-refractivity contribution is 5.39. The van der Waals surface area contributed by atoms with Crippen LogP contribution in [0, 0.1) is 18.3 Å². The average molecular weight is 231 g/mol. The topological polar surface area (TPSA) is 33.0 Å².